The van der Waals surface area contributed by atoms with Crippen LogP contribution in [0, 0.1) is 6.92 Å². The van der Waals surface area contributed by atoms with E-state index < -0.39 is 0 Å². The molecule has 1 heterocycles. The van der Waals surface area contributed by atoms with Crippen molar-refractivity contribution in [1.82, 2.24) is 4.98 Å². The summed E-state index contributed by atoms with van der Waals surface area (Å²) in [5.41, 5.74) is 3.92. The highest BCUT2D eigenvalue weighted by molar-refractivity contribution is 7.81. The number of aryl methyl sites for hydroxylation is 1. The van der Waals surface area contributed by atoms with Gasteiger partial charge in [-0.15, -0.1) is 0 Å². The minimum absolute atomic E-state index is 0.624. The second-order valence-corrected chi connectivity index (χ2v) is 5.99. The molecule has 0 radical (unpaired) electrons. The van der Waals surface area contributed by atoms with Crippen LogP contribution in [0.3, 0.4) is 0 Å². The number of halogens is 1. The second-order valence-electron chi connectivity index (χ2n) is 5.18. The lowest BCUT2D eigenvalue weighted by Gasteiger charge is -2.11. The number of hydrogen-bond donors (Lipinski definition) is 1. The van der Waals surface area contributed by atoms with E-state index >= 15 is 0 Å². The van der Waals surface area contributed by atoms with Crippen LogP contribution in [0.5, 0.6) is 0 Å². The third kappa shape index (κ3) is 3.58. The van der Waals surface area contributed by atoms with Crippen molar-refractivity contribution in [2.45, 2.75) is 6.92 Å². The van der Waals surface area contributed by atoms with Crippen molar-refractivity contribution in [2.75, 3.05) is 5.32 Å². The third-order valence-electron chi connectivity index (χ3n) is 3.54. The quantitative estimate of drug-likeness (QED) is 0.498. The fourth-order valence-corrected chi connectivity index (χ4v) is 3.07. The Bertz CT molecular complexity index is 847. The molecule has 0 aliphatic rings. The van der Waals surface area contributed by atoms with Gasteiger partial charge in [-0.05, 0) is 48.4 Å². The number of pyridine rings is 1. The molecule has 0 saturated carbocycles. The topological polar surface area (TPSA) is 24.9 Å². The van der Waals surface area contributed by atoms with Crippen LogP contribution in [0.4, 0.5) is 11.5 Å². The summed E-state index contributed by atoms with van der Waals surface area (Å²) in [7, 11) is 0. The minimum Gasteiger partial charge on any atom is -0.340 e. The van der Waals surface area contributed by atoms with Gasteiger partial charge in [0.15, 0.2) is 0 Å². The maximum atomic E-state index is 6.44. The number of anilines is 2. The van der Waals surface area contributed by atoms with E-state index in [1.165, 1.54) is 0 Å². The van der Waals surface area contributed by atoms with Crippen LogP contribution in [0.25, 0.3) is 0 Å². The van der Waals surface area contributed by atoms with Crippen LogP contribution in [-0.4, -0.2) is 9.85 Å². The first-order valence-electron chi connectivity index (χ1n) is 7.23. The van der Waals surface area contributed by atoms with Crippen molar-refractivity contribution in [2.24, 2.45) is 0 Å². The molecular weight excluding hydrogens is 324 g/mol. The Labute approximate surface area is 146 Å². The molecule has 0 aliphatic heterocycles. The fourth-order valence-electron chi connectivity index (χ4n) is 2.33. The predicted molar refractivity (Wildman–Crippen MR) is 101 cm³/mol. The lowest BCUT2D eigenvalue weighted by molar-refractivity contribution is 1.31. The Morgan fingerprint density at radius 3 is 2.48 bits per heavy atom. The Balaban J connectivity index is 1.88. The van der Waals surface area contributed by atoms with Gasteiger partial charge in [-0.3, -0.25) is 0 Å². The maximum absolute atomic E-state index is 6.44. The van der Waals surface area contributed by atoms with Crippen LogP contribution in [0.2, 0.25) is 5.02 Å². The lowest BCUT2D eigenvalue weighted by atomic mass is 10.00. The highest BCUT2D eigenvalue weighted by Gasteiger charge is 2.11. The summed E-state index contributed by atoms with van der Waals surface area (Å²) >= 11 is 12.1. The van der Waals surface area contributed by atoms with Crippen LogP contribution >= 0.6 is 23.8 Å². The van der Waals surface area contributed by atoms with Gasteiger partial charge in [0.1, 0.15) is 5.82 Å². The zero-order chi connectivity index (χ0) is 16.2. The Hall–Kier alpha value is -2.23. The SMILES string of the molecule is Cc1ccccc1C(=S)c1ccc(Nc2ccccn2)cc1Cl. The van der Waals surface area contributed by atoms with Gasteiger partial charge in [0.2, 0.25) is 0 Å². The number of nitrogens with one attached hydrogen (secondary N) is 1. The lowest BCUT2D eigenvalue weighted by Crippen LogP contribution is -2.03. The first-order valence-corrected chi connectivity index (χ1v) is 8.02. The van der Waals surface area contributed by atoms with Gasteiger partial charge in [0.25, 0.3) is 0 Å². The molecule has 0 fully saturated rings. The van der Waals surface area contributed by atoms with E-state index in [0.29, 0.717) is 5.02 Å². The van der Waals surface area contributed by atoms with Gasteiger partial charge >= 0.3 is 0 Å². The van der Waals surface area contributed by atoms with Gasteiger partial charge < -0.3 is 5.32 Å². The highest BCUT2D eigenvalue weighted by atomic mass is 35.5. The Kier molecular flexibility index (Phi) is 4.70. The first kappa shape index (κ1) is 15.7. The molecule has 23 heavy (non-hydrogen) atoms. The molecular formula is C19H15ClN2S. The van der Waals surface area contributed by atoms with Crippen LogP contribution in [0.1, 0.15) is 16.7 Å². The number of nitrogens with zero attached hydrogens (tertiary/aromatic N) is 1. The van der Waals surface area contributed by atoms with Gasteiger partial charge in [-0.2, -0.15) is 0 Å². The van der Waals surface area contributed by atoms with Gasteiger partial charge in [0.05, 0.1) is 9.89 Å². The van der Waals surface area contributed by atoms with E-state index in [4.69, 9.17) is 23.8 Å². The number of thiocarbonyl (C=S) groups is 1. The van der Waals surface area contributed by atoms with Crippen molar-refractivity contribution in [1.29, 1.82) is 0 Å². The van der Waals surface area contributed by atoms with Gasteiger partial charge in [-0.1, -0.05) is 54.2 Å². The number of benzene rings is 2. The molecule has 2 aromatic carbocycles. The van der Waals surface area contributed by atoms with Gasteiger partial charge in [0, 0.05) is 17.4 Å². The molecule has 0 spiro atoms. The summed E-state index contributed by atoms with van der Waals surface area (Å²) in [5, 5.41) is 3.85. The number of hydrogen-bond acceptors (Lipinski definition) is 3. The van der Waals surface area contributed by atoms with E-state index in [9.17, 15) is 0 Å². The molecule has 3 aromatic rings. The van der Waals surface area contributed by atoms with Crippen molar-refractivity contribution in [3.05, 3.63) is 88.6 Å². The molecule has 0 unspecified atom stereocenters. The molecule has 0 atom stereocenters. The van der Waals surface area contributed by atoms with E-state index in [2.05, 4.69) is 10.3 Å². The van der Waals surface area contributed by atoms with Crippen LogP contribution in [0.15, 0.2) is 66.9 Å². The normalized spacial score (nSPS) is 10.3. The molecule has 0 aliphatic carbocycles. The standard InChI is InChI=1S/C19H15ClN2S/c1-13-6-2-3-7-15(13)19(23)16-10-9-14(12-17(16)20)22-18-8-4-5-11-21-18/h2-12H,1H3,(H,21,22). The van der Waals surface area contributed by atoms with Crippen molar-refractivity contribution >= 4 is 40.2 Å². The molecule has 1 N–H and O–H groups in total. The molecule has 114 valence electrons. The van der Waals surface area contributed by atoms with Crippen LogP contribution < -0.4 is 5.32 Å². The number of rotatable bonds is 4. The van der Waals surface area contributed by atoms with E-state index in [1.807, 2.05) is 67.6 Å². The Morgan fingerprint density at radius 2 is 1.78 bits per heavy atom. The highest BCUT2D eigenvalue weighted by Crippen LogP contribution is 2.26. The smallest absolute Gasteiger partial charge is 0.130 e. The second kappa shape index (κ2) is 6.90. The average molecular weight is 339 g/mol. The minimum atomic E-state index is 0.624. The van der Waals surface area contributed by atoms with Crippen molar-refractivity contribution in [3.63, 3.8) is 0 Å². The molecule has 3 rings (SSSR count). The first-order chi connectivity index (χ1) is 11.1. The van der Waals surface area contributed by atoms with Gasteiger partial charge in [-0.25, -0.2) is 4.98 Å². The van der Waals surface area contributed by atoms with E-state index in [0.717, 1.165) is 33.1 Å². The molecule has 0 saturated heterocycles. The van der Waals surface area contributed by atoms with Crippen molar-refractivity contribution in [3.8, 4) is 0 Å². The summed E-state index contributed by atoms with van der Waals surface area (Å²) < 4.78 is 0. The molecule has 2 nitrogen and oxygen atoms in total. The number of aromatic nitrogens is 1. The summed E-state index contributed by atoms with van der Waals surface area (Å²) in [6.45, 7) is 2.05. The third-order valence-corrected chi connectivity index (χ3v) is 4.29. The van der Waals surface area contributed by atoms with E-state index in [-0.39, 0.29) is 0 Å². The summed E-state index contributed by atoms with van der Waals surface area (Å²) in [5.74, 6) is 0.776. The predicted octanol–water partition coefficient (Wildman–Crippen LogP) is 5.55. The molecule has 0 amide bonds. The van der Waals surface area contributed by atoms with E-state index in [1.54, 1.807) is 6.20 Å². The molecule has 4 heteroatoms. The zero-order valence-electron chi connectivity index (χ0n) is 12.6. The fraction of sp³-hybridized carbons (Fsp3) is 0.0526. The summed E-state index contributed by atoms with van der Waals surface area (Å²) in [4.78, 5) is 5.00. The average Bonchev–Trinajstić information content (AvgIpc) is 2.56. The monoisotopic (exact) mass is 338 g/mol. The van der Waals surface area contributed by atoms with Crippen LogP contribution in [-0.2, 0) is 0 Å². The zero-order valence-corrected chi connectivity index (χ0v) is 14.2. The summed E-state index contributed by atoms with van der Waals surface area (Å²) in [6.07, 6.45) is 1.74. The maximum Gasteiger partial charge on any atom is 0.130 e. The van der Waals surface area contributed by atoms with Crippen molar-refractivity contribution < 1.29 is 0 Å². The molecule has 0 bridgehead atoms. The Morgan fingerprint density at radius 1 is 1.00 bits per heavy atom. The molecule has 1 aromatic heterocycles. The largest absolute Gasteiger partial charge is 0.340 e. The summed E-state index contributed by atoms with van der Waals surface area (Å²) in [6, 6.07) is 19.5.